The van der Waals surface area contributed by atoms with Crippen molar-refractivity contribution >= 4 is 80.3 Å². The molecule has 5 heterocycles. The van der Waals surface area contributed by atoms with Gasteiger partial charge >= 0.3 is 11.9 Å². The second-order valence-corrected chi connectivity index (χ2v) is 13.9. The Kier molecular flexibility index (Phi) is 8.23. The Morgan fingerprint density at radius 1 is 0.585 bits per heavy atom. The van der Waals surface area contributed by atoms with Crippen LogP contribution in [0.3, 0.4) is 0 Å². The molecule has 15 heteroatoms. The van der Waals surface area contributed by atoms with Gasteiger partial charge in [0.2, 0.25) is 0 Å². The molecule has 0 atom stereocenters. The first-order valence-corrected chi connectivity index (χ1v) is 15.8. The minimum absolute atomic E-state index is 0.132. The summed E-state index contributed by atoms with van der Waals surface area (Å²) < 4.78 is 0. The van der Waals surface area contributed by atoms with Gasteiger partial charge in [-0.15, -0.1) is 56.7 Å². The van der Waals surface area contributed by atoms with E-state index < -0.39 is 11.9 Å². The van der Waals surface area contributed by atoms with Gasteiger partial charge in [0.05, 0.1) is 22.6 Å². The fourth-order valence-corrected chi connectivity index (χ4v) is 9.68. The van der Waals surface area contributed by atoms with Crippen molar-refractivity contribution < 1.29 is 19.8 Å². The molecule has 0 aromatic carbocycles. The molecule has 0 bridgehead atoms. The van der Waals surface area contributed by atoms with E-state index in [-0.39, 0.29) is 24.5 Å². The second kappa shape index (κ2) is 11.8. The highest BCUT2D eigenvalue weighted by Crippen LogP contribution is 2.48. The van der Waals surface area contributed by atoms with Crippen LogP contribution in [0.5, 0.6) is 0 Å². The smallest absolute Gasteiger partial charge is 0.307 e. The van der Waals surface area contributed by atoms with Crippen LogP contribution in [0.1, 0.15) is 20.9 Å². The third kappa shape index (κ3) is 6.03. The first kappa shape index (κ1) is 28.5. The summed E-state index contributed by atoms with van der Waals surface area (Å²) in [6.45, 7) is 0. The molecule has 10 N–H and O–H groups in total. The van der Waals surface area contributed by atoms with E-state index in [9.17, 15) is 19.8 Å². The summed E-state index contributed by atoms with van der Waals surface area (Å²) in [6, 6.07) is 15.2. The molecule has 5 rings (SSSR count). The van der Waals surface area contributed by atoms with Crippen LogP contribution < -0.4 is 23.2 Å². The van der Waals surface area contributed by atoms with E-state index in [1.54, 1.807) is 0 Å². The Hall–Kier alpha value is -4.02. The molecule has 0 aliphatic carbocycles. The molecular formula is C26H22N6O4S5. The van der Waals surface area contributed by atoms with Crippen molar-refractivity contribution in [2.45, 2.75) is 12.8 Å². The van der Waals surface area contributed by atoms with E-state index in [1.165, 1.54) is 56.7 Å². The van der Waals surface area contributed by atoms with Gasteiger partial charge in [-0.1, -0.05) is 0 Å². The van der Waals surface area contributed by atoms with Gasteiger partial charge in [0, 0.05) is 39.0 Å². The van der Waals surface area contributed by atoms with E-state index in [2.05, 4.69) is 10.2 Å². The van der Waals surface area contributed by atoms with Crippen LogP contribution in [-0.4, -0.2) is 33.8 Å². The zero-order valence-electron chi connectivity index (χ0n) is 21.0. The average Bonchev–Trinajstić information content (AvgIpc) is 3.75. The lowest BCUT2D eigenvalue weighted by Crippen LogP contribution is -2.13. The van der Waals surface area contributed by atoms with Crippen molar-refractivity contribution in [3.63, 3.8) is 0 Å². The highest BCUT2D eigenvalue weighted by Gasteiger charge is 2.21. The number of nitrogens with two attached hydrogens (primary N) is 4. The van der Waals surface area contributed by atoms with E-state index in [1.807, 2.05) is 48.5 Å². The first-order chi connectivity index (χ1) is 19.7. The summed E-state index contributed by atoms with van der Waals surface area (Å²) in [4.78, 5) is 32.0. The number of hydrogen-bond acceptors (Lipinski definition) is 11. The van der Waals surface area contributed by atoms with Gasteiger partial charge in [-0.05, 0) is 59.7 Å². The van der Waals surface area contributed by atoms with E-state index in [4.69, 9.17) is 23.2 Å². The van der Waals surface area contributed by atoms with Crippen LogP contribution in [0.15, 0.2) is 58.7 Å². The Morgan fingerprint density at radius 2 is 0.976 bits per heavy atom. The summed E-state index contributed by atoms with van der Waals surface area (Å²) in [7, 11) is 0. The predicted octanol–water partition coefficient (Wildman–Crippen LogP) is 5.07. The lowest BCUT2D eigenvalue weighted by atomic mass is 10.1. The standard InChI is InChI=1S/C26H22N6O4S5/c27-25(31-29)17-5-1-13(37-17)19-7-11(9-21(33)34)23(40-19)15-3-4-16(39-15)24-12(10-22(35)36)8-20(41-24)14-2-6-18(38-14)26(28)32-30/h1-8H,9-10,29-30H2,(H2,27,31)(H2,28,32)(H,33,34)(H,35,36). The zero-order chi connectivity index (χ0) is 29.3. The molecule has 0 unspecified atom stereocenters. The van der Waals surface area contributed by atoms with Gasteiger partial charge in [0.25, 0.3) is 0 Å². The number of thiophene rings is 5. The van der Waals surface area contributed by atoms with Crippen LogP contribution in [0.2, 0.25) is 0 Å². The van der Waals surface area contributed by atoms with Crippen LogP contribution >= 0.6 is 56.7 Å². The molecule has 0 saturated heterocycles. The third-order valence-electron chi connectivity index (χ3n) is 5.84. The summed E-state index contributed by atoms with van der Waals surface area (Å²) in [5.74, 6) is 9.23. The minimum atomic E-state index is -0.930. The number of nitrogens with zero attached hydrogens (tertiary/aromatic N) is 2. The van der Waals surface area contributed by atoms with E-state index in [0.717, 1.165) is 48.8 Å². The number of hydrazone groups is 2. The molecular weight excluding hydrogens is 621 g/mol. The number of carbonyl (C=O) groups is 2. The Morgan fingerprint density at radius 3 is 1.34 bits per heavy atom. The van der Waals surface area contributed by atoms with Gasteiger partial charge < -0.3 is 33.4 Å². The fourth-order valence-electron chi connectivity index (χ4n) is 4.03. The van der Waals surface area contributed by atoms with Gasteiger partial charge in [-0.25, -0.2) is 0 Å². The molecule has 10 nitrogen and oxygen atoms in total. The quantitative estimate of drug-likeness (QED) is 0.0524. The molecule has 0 aliphatic heterocycles. The number of aliphatic carboxylic acids is 2. The van der Waals surface area contributed by atoms with Crippen molar-refractivity contribution in [1.82, 2.24) is 0 Å². The van der Waals surface area contributed by atoms with Crippen LogP contribution in [0.4, 0.5) is 0 Å². The highest BCUT2D eigenvalue weighted by atomic mass is 32.1. The first-order valence-electron chi connectivity index (χ1n) is 11.7. The van der Waals surface area contributed by atoms with Crippen molar-refractivity contribution in [3.05, 3.63) is 69.4 Å². The minimum Gasteiger partial charge on any atom is -0.481 e. The third-order valence-corrected chi connectivity index (χ3v) is 12.2. The van der Waals surface area contributed by atoms with Crippen molar-refractivity contribution in [2.75, 3.05) is 0 Å². The topological polar surface area (TPSA) is 203 Å². The number of amidine groups is 2. The van der Waals surface area contributed by atoms with Gasteiger partial charge in [0.1, 0.15) is 0 Å². The van der Waals surface area contributed by atoms with E-state index in [0.29, 0.717) is 11.1 Å². The Bertz CT molecular complexity index is 1690. The lowest BCUT2D eigenvalue weighted by molar-refractivity contribution is -0.137. The van der Waals surface area contributed by atoms with Gasteiger partial charge in [0.15, 0.2) is 11.7 Å². The van der Waals surface area contributed by atoms with Crippen molar-refractivity contribution in [2.24, 2.45) is 33.4 Å². The maximum atomic E-state index is 11.7. The molecule has 0 aliphatic rings. The molecule has 0 spiro atoms. The Labute approximate surface area is 253 Å². The zero-order valence-corrected chi connectivity index (χ0v) is 25.1. The van der Waals surface area contributed by atoms with Gasteiger partial charge in [-0.3, -0.25) is 9.59 Å². The molecule has 0 radical (unpaired) electrons. The summed E-state index contributed by atoms with van der Waals surface area (Å²) in [5, 5.41) is 26.3. The second-order valence-electron chi connectivity index (χ2n) is 8.59. The van der Waals surface area contributed by atoms with Crippen LogP contribution in [0.25, 0.3) is 39.0 Å². The molecule has 210 valence electrons. The van der Waals surface area contributed by atoms with Crippen molar-refractivity contribution in [1.29, 1.82) is 0 Å². The maximum Gasteiger partial charge on any atom is 0.307 e. The maximum absolute atomic E-state index is 11.7. The molecule has 0 fully saturated rings. The van der Waals surface area contributed by atoms with Crippen molar-refractivity contribution in [3.8, 4) is 39.0 Å². The Balaban J connectivity index is 1.54. The normalized spacial score (nSPS) is 12.2. The van der Waals surface area contributed by atoms with Gasteiger partial charge in [-0.2, -0.15) is 10.2 Å². The highest BCUT2D eigenvalue weighted by molar-refractivity contribution is 7.30. The monoisotopic (exact) mass is 642 g/mol. The molecule has 5 aromatic heterocycles. The summed E-state index contributed by atoms with van der Waals surface area (Å²) in [6.07, 6.45) is -0.264. The molecule has 0 saturated carbocycles. The summed E-state index contributed by atoms with van der Waals surface area (Å²) >= 11 is 7.34. The summed E-state index contributed by atoms with van der Waals surface area (Å²) in [5.41, 5.74) is 13.1. The number of hydrogen-bond donors (Lipinski definition) is 6. The van der Waals surface area contributed by atoms with Crippen LogP contribution in [-0.2, 0) is 22.4 Å². The number of carboxylic acids is 2. The lowest BCUT2D eigenvalue weighted by Gasteiger charge is -1.99. The van der Waals surface area contributed by atoms with Crippen LogP contribution in [0, 0.1) is 0 Å². The molecule has 0 amide bonds. The molecule has 41 heavy (non-hydrogen) atoms. The van der Waals surface area contributed by atoms with E-state index >= 15 is 0 Å². The number of rotatable bonds is 10. The predicted molar refractivity (Wildman–Crippen MR) is 170 cm³/mol. The molecule has 5 aromatic rings. The largest absolute Gasteiger partial charge is 0.481 e. The average molecular weight is 643 g/mol. The SMILES string of the molecule is N/N=C(\N)c1ccc(-c2cc(CC(=O)O)c(-c3ccc(-c4sc(-c5ccc(/C(N)=N/N)s5)cc4CC(=O)O)s3)s2)s1. The number of carboxylic acid groups (broad SMARTS) is 2. The fraction of sp³-hybridized carbons (Fsp3) is 0.0769.